The average Bonchev–Trinajstić information content (AvgIpc) is 2.92. The van der Waals surface area contributed by atoms with E-state index in [0.717, 1.165) is 43.3 Å². The number of aryl methyl sites for hydroxylation is 2. The number of hydrogen-bond donors (Lipinski definition) is 1. The van der Waals surface area contributed by atoms with Crippen molar-refractivity contribution in [2.75, 3.05) is 36.9 Å². The fourth-order valence-electron chi connectivity index (χ4n) is 3.25. The third-order valence-corrected chi connectivity index (χ3v) is 4.56. The Labute approximate surface area is 147 Å². The highest BCUT2D eigenvalue weighted by molar-refractivity contribution is 5.91. The van der Waals surface area contributed by atoms with E-state index in [4.69, 9.17) is 0 Å². The number of amides is 1. The van der Waals surface area contributed by atoms with Crippen LogP contribution in [0.5, 0.6) is 0 Å². The number of aromatic nitrogens is 4. The molecule has 0 spiro atoms. The molecule has 0 unspecified atom stereocenters. The summed E-state index contributed by atoms with van der Waals surface area (Å²) in [7, 11) is 3.82. The standard InChI is InChI=1S/C17H25N7O/c1-13-10-16(23(3)21-13)19-17(25)12-22(2)14-6-5-9-24(11-14)15-7-4-8-18-20-15/h4,7-8,10,14H,5-6,9,11-12H2,1-3H3,(H,19,25)/t14-/m0/s1. The van der Waals surface area contributed by atoms with E-state index in [9.17, 15) is 4.79 Å². The quantitative estimate of drug-likeness (QED) is 0.874. The van der Waals surface area contributed by atoms with Gasteiger partial charge in [0.2, 0.25) is 5.91 Å². The van der Waals surface area contributed by atoms with Crippen LogP contribution >= 0.6 is 0 Å². The van der Waals surface area contributed by atoms with E-state index in [1.165, 1.54) is 0 Å². The molecule has 1 amide bonds. The number of carbonyl (C=O) groups is 1. The summed E-state index contributed by atoms with van der Waals surface area (Å²) in [5.41, 5.74) is 0.887. The van der Waals surface area contributed by atoms with Gasteiger partial charge in [0.15, 0.2) is 5.82 Å². The van der Waals surface area contributed by atoms with Crippen LogP contribution < -0.4 is 10.2 Å². The van der Waals surface area contributed by atoms with Crippen molar-refractivity contribution in [3.63, 3.8) is 0 Å². The maximum absolute atomic E-state index is 12.3. The first kappa shape index (κ1) is 17.3. The first-order chi connectivity index (χ1) is 12.0. The van der Waals surface area contributed by atoms with Crippen LogP contribution in [0.3, 0.4) is 0 Å². The zero-order valence-electron chi connectivity index (χ0n) is 15.0. The van der Waals surface area contributed by atoms with E-state index in [1.54, 1.807) is 10.9 Å². The Balaban J connectivity index is 1.56. The fraction of sp³-hybridized carbons (Fsp3) is 0.529. The van der Waals surface area contributed by atoms with Crippen LogP contribution in [0.25, 0.3) is 0 Å². The SMILES string of the molecule is Cc1cc(NC(=O)CN(C)[C@H]2CCCN(c3cccnn3)C2)n(C)n1. The fourth-order valence-corrected chi connectivity index (χ4v) is 3.25. The van der Waals surface area contributed by atoms with Crippen LogP contribution in [-0.4, -0.2) is 63.5 Å². The van der Waals surface area contributed by atoms with Gasteiger partial charge in [0.05, 0.1) is 12.2 Å². The van der Waals surface area contributed by atoms with Crippen molar-refractivity contribution < 1.29 is 4.79 Å². The zero-order chi connectivity index (χ0) is 17.8. The number of nitrogens with zero attached hydrogens (tertiary/aromatic N) is 6. The number of carbonyl (C=O) groups excluding carboxylic acids is 1. The minimum atomic E-state index is -0.0258. The summed E-state index contributed by atoms with van der Waals surface area (Å²) in [5, 5.41) is 15.3. The van der Waals surface area contributed by atoms with E-state index >= 15 is 0 Å². The van der Waals surface area contributed by atoms with Gasteiger partial charge in [-0.2, -0.15) is 10.2 Å². The molecule has 1 saturated heterocycles. The molecule has 1 aliphatic heterocycles. The van der Waals surface area contributed by atoms with Crippen molar-refractivity contribution in [1.82, 2.24) is 24.9 Å². The molecule has 2 aromatic heterocycles. The van der Waals surface area contributed by atoms with Crippen LogP contribution in [-0.2, 0) is 11.8 Å². The summed E-state index contributed by atoms with van der Waals surface area (Å²) >= 11 is 0. The molecular weight excluding hydrogens is 318 g/mol. The van der Waals surface area contributed by atoms with Crippen molar-refractivity contribution >= 4 is 17.5 Å². The molecule has 1 fully saturated rings. The summed E-state index contributed by atoms with van der Waals surface area (Å²) in [6.07, 6.45) is 3.83. The van der Waals surface area contributed by atoms with E-state index in [2.05, 4.69) is 30.4 Å². The van der Waals surface area contributed by atoms with Crippen molar-refractivity contribution in [2.45, 2.75) is 25.8 Å². The highest BCUT2D eigenvalue weighted by Gasteiger charge is 2.25. The third-order valence-electron chi connectivity index (χ3n) is 4.56. The van der Waals surface area contributed by atoms with Crippen molar-refractivity contribution in [3.8, 4) is 0 Å². The Bertz CT molecular complexity index is 715. The molecular formula is C17H25N7O. The molecule has 3 rings (SSSR count). The van der Waals surface area contributed by atoms with Gasteiger partial charge in [0, 0.05) is 38.4 Å². The third kappa shape index (κ3) is 4.33. The van der Waals surface area contributed by atoms with E-state index in [1.807, 2.05) is 39.2 Å². The lowest BCUT2D eigenvalue weighted by atomic mass is 10.0. The van der Waals surface area contributed by atoms with Gasteiger partial charge < -0.3 is 10.2 Å². The molecule has 0 saturated carbocycles. The van der Waals surface area contributed by atoms with Crippen molar-refractivity contribution in [3.05, 3.63) is 30.1 Å². The molecule has 0 aromatic carbocycles. The van der Waals surface area contributed by atoms with Crippen LogP contribution in [0.4, 0.5) is 11.6 Å². The largest absolute Gasteiger partial charge is 0.354 e. The van der Waals surface area contributed by atoms with E-state index < -0.39 is 0 Å². The Morgan fingerprint density at radius 1 is 1.48 bits per heavy atom. The summed E-state index contributed by atoms with van der Waals surface area (Å²) in [6, 6.07) is 6.06. The smallest absolute Gasteiger partial charge is 0.239 e. The number of rotatable bonds is 5. The van der Waals surface area contributed by atoms with Gasteiger partial charge in [-0.15, -0.1) is 5.10 Å². The Hall–Kier alpha value is -2.48. The second-order valence-electron chi connectivity index (χ2n) is 6.58. The Morgan fingerprint density at radius 2 is 2.32 bits per heavy atom. The lowest BCUT2D eigenvalue weighted by molar-refractivity contribution is -0.117. The highest BCUT2D eigenvalue weighted by Crippen LogP contribution is 2.19. The predicted molar refractivity (Wildman–Crippen MR) is 96.5 cm³/mol. The molecule has 1 N–H and O–H groups in total. The maximum atomic E-state index is 12.3. The Morgan fingerprint density at radius 3 is 3.00 bits per heavy atom. The van der Waals surface area contributed by atoms with Crippen LogP contribution in [0.1, 0.15) is 18.5 Å². The van der Waals surface area contributed by atoms with Gasteiger partial charge in [-0.3, -0.25) is 14.4 Å². The molecule has 25 heavy (non-hydrogen) atoms. The summed E-state index contributed by atoms with van der Waals surface area (Å²) in [5.74, 6) is 1.60. The lowest BCUT2D eigenvalue weighted by Crippen LogP contribution is -2.48. The molecule has 8 nitrogen and oxygen atoms in total. The van der Waals surface area contributed by atoms with Gasteiger partial charge in [0.25, 0.3) is 0 Å². The number of piperidine rings is 1. The Kier molecular flexibility index (Phi) is 5.28. The molecule has 0 radical (unpaired) electrons. The number of anilines is 2. The zero-order valence-corrected chi connectivity index (χ0v) is 15.0. The first-order valence-corrected chi connectivity index (χ1v) is 8.56. The van der Waals surface area contributed by atoms with Crippen molar-refractivity contribution in [1.29, 1.82) is 0 Å². The summed E-state index contributed by atoms with van der Waals surface area (Å²) < 4.78 is 1.68. The van der Waals surface area contributed by atoms with E-state index in [0.29, 0.717) is 12.6 Å². The second kappa shape index (κ2) is 7.60. The average molecular weight is 343 g/mol. The van der Waals surface area contributed by atoms with Crippen molar-refractivity contribution in [2.24, 2.45) is 7.05 Å². The normalized spacial score (nSPS) is 17.8. The molecule has 134 valence electrons. The lowest BCUT2D eigenvalue weighted by Gasteiger charge is -2.37. The monoisotopic (exact) mass is 343 g/mol. The molecule has 8 heteroatoms. The van der Waals surface area contributed by atoms with Crippen LogP contribution in [0, 0.1) is 6.92 Å². The second-order valence-corrected chi connectivity index (χ2v) is 6.58. The van der Waals surface area contributed by atoms with Gasteiger partial charge in [-0.1, -0.05) is 0 Å². The van der Waals surface area contributed by atoms with Gasteiger partial charge >= 0.3 is 0 Å². The molecule has 0 bridgehead atoms. The van der Waals surface area contributed by atoms with Crippen LogP contribution in [0.2, 0.25) is 0 Å². The van der Waals surface area contributed by atoms with Gasteiger partial charge in [-0.05, 0) is 38.9 Å². The summed E-state index contributed by atoms with van der Waals surface area (Å²) in [6.45, 7) is 4.09. The maximum Gasteiger partial charge on any atom is 0.239 e. The summed E-state index contributed by atoms with van der Waals surface area (Å²) in [4.78, 5) is 16.7. The number of nitrogens with one attached hydrogen (secondary N) is 1. The van der Waals surface area contributed by atoms with Gasteiger partial charge in [-0.25, -0.2) is 0 Å². The minimum absolute atomic E-state index is 0.0258. The minimum Gasteiger partial charge on any atom is -0.354 e. The molecule has 1 atom stereocenters. The predicted octanol–water partition coefficient (Wildman–Crippen LogP) is 1.06. The van der Waals surface area contributed by atoms with E-state index in [-0.39, 0.29) is 5.91 Å². The molecule has 0 aliphatic carbocycles. The molecule has 1 aliphatic rings. The molecule has 2 aromatic rings. The first-order valence-electron chi connectivity index (χ1n) is 8.56. The number of likely N-dealkylation sites (N-methyl/N-ethyl adjacent to an activating group) is 1. The topological polar surface area (TPSA) is 79.2 Å². The highest BCUT2D eigenvalue weighted by atomic mass is 16.2. The molecule has 3 heterocycles. The van der Waals surface area contributed by atoms with Crippen LogP contribution in [0.15, 0.2) is 24.4 Å². The number of hydrogen-bond acceptors (Lipinski definition) is 6. The van der Waals surface area contributed by atoms with Gasteiger partial charge in [0.1, 0.15) is 5.82 Å².